The number of halogens is 1. The number of tetrazole rings is 1. The third-order valence-corrected chi connectivity index (χ3v) is 5.45. The number of hydrogen-bond acceptors (Lipinski definition) is 4. The molecule has 0 radical (unpaired) electrons. The van der Waals surface area contributed by atoms with Crippen LogP contribution in [0.25, 0.3) is 16.6 Å². The van der Waals surface area contributed by atoms with E-state index in [-0.39, 0.29) is 11.9 Å². The predicted molar refractivity (Wildman–Crippen MR) is 106 cm³/mol. The van der Waals surface area contributed by atoms with E-state index in [1.54, 1.807) is 6.07 Å². The summed E-state index contributed by atoms with van der Waals surface area (Å²) in [5, 5.41) is 16.3. The highest BCUT2D eigenvalue weighted by molar-refractivity contribution is 6.31. The summed E-state index contributed by atoms with van der Waals surface area (Å²) in [5.74, 6) is -0.152. The SMILES string of the molecule is O=C(N[C@@H]1CCCc2c1[nH]c1ccc(Cl)cc21)c1ccccc1-n1cnnn1. The van der Waals surface area contributed by atoms with Crippen molar-refractivity contribution in [3.63, 3.8) is 0 Å². The number of carbonyl (C=O) groups excluding carboxylic acids is 1. The zero-order chi connectivity index (χ0) is 19.1. The summed E-state index contributed by atoms with van der Waals surface area (Å²) in [6, 6.07) is 13.1. The van der Waals surface area contributed by atoms with Gasteiger partial charge in [-0.15, -0.1) is 5.10 Å². The monoisotopic (exact) mass is 392 g/mol. The van der Waals surface area contributed by atoms with Gasteiger partial charge in [0.05, 0.1) is 17.3 Å². The summed E-state index contributed by atoms with van der Waals surface area (Å²) in [5.41, 5.74) is 4.52. The third kappa shape index (κ3) is 2.84. The highest BCUT2D eigenvalue weighted by Gasteiger charge is 2.26. The van der Waals surface area contributed by atoms with Crippen molar-refractivity contribution in [1.82, 2.24) is 30.5 Å². The molecule has 7 nitrogen and oxygen atoms in total. The Morgan fingerprint density at radius 2 is 2.14 bits per heavy atom. The van der Waals surface area contributed by atoms with Crippen LogP contribution in [0, 0.1) is 0 Å². The molecule has 2 N–H and O–H groups in total. The number of aromatic nitrogens is 5. The van der Waals surface area contributed by atoms with Crippen molar-refractivity contribution in [3.8, 4) is 5.69 Å². The molecular formula is C20H17ClN6O. The van der Waals surface area contributed by atoms with Crippen LogP contribution in [0.3, 0.4) is 0 Å². The molecule has 2 heterocycles. The number of nitrogens with one attached hydrogen (secondary N) is 2. The Balaban J connectivity index is 1.49. The van der Waals surface area contributed by atoms with Gasteiger partial charge in [0.2, 0.25) is 0 Å². The minimum absolute atomic E-state index is 0.0793. The predicted octanol–water partition coefficient (Wildman–Crippen LogP) is 3.60. The molecule has 1 aliphatic carbocycles. The Labute approximate surface area is 165 Å². The van der Waals surface area contributed by atoms with Crippen molar-refractivity contribution < 1.29 is 4.79 Å². The topological polar surface area (TPSA) is 88.5 Å². The molecule has 0 bridgehead atoms. The molecule has 5 rings (SSSR count). The van der Waals surface area contributed by atoms with Gasteiger partial charge >= 0.3 is 0 Å². The summed E-state index contributed by atoms with van der Waals surface area (Å²) in [7, 11) is 0. The van der Waals surface area contributed by atoms with Crippen LogP contribution < -0.4 is 5.32 Å². The number of para-hydroxylation sites is 1. The molecule has 0 fully saturated rings. The van der Waals surface area contributed by atoms with Crippen molar-refractivity contribution in [2.75, 3.05) is 0 Å². The second kappa shape index (κ2) is 6.76. The molecule has 0 spiro atoms. The van der Waals surface area contributed by atoms with Crippen LogP contribution in [0.5, 0.6) is 0 Å². The van der Waals surface area contributed by atoms with Gasteiger partial charge in [-0.2, -0.15) is 4.68 Å². The van der Waals surface area contributed by atoms with Gasteiger partial charge in [0.25, 0.3) is 5.91 Å². The van der Waals surface area contributed by atoms with E-state index in [2.05, 4.69) is 25.8 Å². The number of nitrogens with zero attached hydrogens (tertiary/aromatic N) is 4. The molecule has 8 heteroatoms. The summed E-state index contributed by atoms with van der Waals surface area (Å²) in [4.78, 5) is 16.6. The number of benzene rings is 2. The first-order chi connectivity index (χ1) is 13.7. The van der Waals surface area contributed by atoms with Crippen LogP contribution in [-0.2, 0) is 6.42 Å². The number of H-pyrrole nitrogens is 1. The van der Waals surface area contributed by atoms with Crippen LogP contribution in [0.1, 0.15) is 40.5 Å². The Morgan fingerprint density at radius 3 is 3.00 bits per heavy atom. The first kappa shape index (κ1) is 16.9. The maximum absolute atomic E-state index is 13.1. The standard InChI is InChI=1S/C20H17ClN6O/c21-12-8-9-16-15(10-12)13-5-3-6-17(19(13)23-16)24-20(28)14-4-1-2-7-18(14)27-11-22-25-26-27/h1-2,4,7-11,17,23H,3,5-6H2,(H,24,28)/t17-/m1/s1. The van der Waals surface area contributed by atoms with E-state index in [1.807, 2.05) is 36.4 Å². The average Bonchev–Trinajstić information content (AvgIpc) is 3.36. The quantitative estimate of drug-likeness (QED) is 0.557. The number of amides is 1. The second-order valence-corrected chi connectivity index (χ2v) is 7.33. The molecule has 0 saturated heterocycles. The molecule has 1 atom stereocenters. The van der Waals surface area contributed by atoms with E-state index in [0.29, 0.717) is 11.3 Å². The Bertz CT molecular complexity index is 1170. The van der Waals surface area contributed by atoms with Crippen LogP contribution in [0.4, 0.5) is 0 Å². The summed E-state index contributed by atoms with van der Waals surface area (Å²) in [6.07, 6.45) is 4.34. The minimum atomic E-state index is -0.152. The van der Waals surface area contributed by atoms with Gasteiger partial charge in [0, 0.05) is 21.6 Å². The van der Waals surface area contributed by atoms with Gasteiger partial charge in [-0.3, -0.25) is 4.79 Å². The lowest BCUT2D eigenvalue weighted by atomic mass is 9.91. The molecule has 0 unspecified atom stereocenters. The van der Waals surface area contributed by atoms with Crippen LogP contribution in [0.2, 0.25) is 5.02 Å². The van der Waals surface area contributed by atoms with E-state index in [0.717, 1.165) is 40.9 Å². The highest BCUT2D eigenvalue weighted by Crippen LogP contribution is 2.36. The lowest BCUT2D eigenvalue weighted by Gasteiger charge is -2.24. The zero-order valence-electron chi connectivity index (χ0n) is 14.9. The van der Waals surface area contributed by atoms with Crippen LogP contribution >= 0.6 is 11.6 Å². The third-order valence-electron chi connectivity index (χ3n) is 5.22. The molecule has 1 aliphatic rings. The fourth-order valence-electron chi connectivity index (χ4n) is 3.95. The van der Waals surface area contributed by atoms with E-state index >= 15 is 0 Å². The number of aryl methyl sites for hydroxylation is 1. The number of carbonyl (C=O) groups is 1. The number of aromatic amines is 1. The Morgan fingerprint density at radius 1 is 1.25 bits per heavy atom. The lowest BCUT2D eigenvalue weighted by molar-refractivity contribution is 0.0932. The van der Waals surface area contributed by atoms with Gasteiger partial charge in [0.15, 0.2) is 0 Å². The van der Waals surface area contributed by atoms with E-state index in [9.17, 15) is 4.79 Å². The molecule has 0 saturated carbocycles. The normalized spacial score (nSPS) is 16.1. The van der Waals surface area contributed by atoms with E-state index in [4.69, 9.17) is 11.6 Å². The smallest absolute Gasteiger partial charge is 0.254 e. The first-order valence-corrected chi connectivity index (χ1v) is 9.52. The largest absolute Gasteiger partial charge is 0.356 e. The van der Waals surface area contributed by atoms with Crippen molar-refractivity contribution in [3.05, 3.63) is 70.6 Å². The number of rotatable bonds is 3. The molecule has 1 amide bonds. The Hall–Kier alpha value is -3.19. The molecule has 140 valence electrons. The number of fused-ring (bicyclic) bond motifs is 3. The summed E-state index contributed by atoms with van der Waals surface area (Å²) in [6.45, 7) is 0. The van der Waals surface area contributed by atoms with Gasteiger partial charge in [-0.25, -0.2) is 0 Å². The van der Waals surface area contributed by atoms with Crippen molar-refractivity contribution in [2.24, 2.45) is 0 Å². The maximum Gasteiger partial charge on any atom is 0.254 e. The van der Waals surface area contributed by atoms with Crippen LogP contribution in [0.15, 0.2) is 48.8 Å². The van der Waals surface area contributed by atoms with Gasteiger partial charge < -0.3 is 10.3 Å². The minimum Gasteiger partial charge on any atom is -0.356 e. The highest BCUT2D eigenvalue weighted by atomic mass is 35.5. The van der Waals surface area contributed by atoms with Gasteiger partial charge in [-0.05, 0) is 65.6 Å². The molecule has 28 heavy (non-hydrogen) atoms. The van der Waals surface area contributed by atoms with Gasteiger partial charge in [-0.1, -0.05) is 23.7 Å². The summed E-state index contributed by atoms with van der Waals surface area (Å²) >= 11 is 6.18. The molecule has 4 aromatic rings. The number of hydrogen-bond donors (Lipinski definition) is 2. The molecular weight excluding hydrogens is 376 g/mol. The van der Waals surface area contributed by atoms with Crippen molar-refractivity contribution in [2.45, 2.75) is 25.3 Å². The molecule has 2 aromatic carbocycles. The average molecular weight is 393 g/mol. The fraction of sp³-hybridized carbons (Fsp3) is 0.200. The van der Waals surface area contributed by atoms with Crippen molar-refractivity contribution >= 4 is 28.4 Å². The fourth-order valence-corrected chi connectivity index (χ4v) is 4.12. The maximum atomic E-state index is 13.1. The summed E-state index contributed by atoms with van der Waals surface area (Å²) < 4.78 is 1.49. The Kier molecular flexibility index (Phi) is 4.09. The van der Waals surface area contributed by atoms with E-state index in [1.165, 1.54) is 16.6 Å². The first-order valence-electron chi connectivity index (χ1n) is 9.14. The molecule has 2 aromatic heterocycles. The zero-order valence-corrected chi connectivity index (χ0v) is 15.6. The lowest BCUT2D eigenvalue weighted by Crippen LogP contribution is -2.31. The van der Waals surface area contributed by atoms with Crippen molar-refractivity contribution in [1.29, 1.82) is 0 Å². The van der Waals surface area contributed by atoms with Gasteiger partial charge in [0.1, 0.15) is 6.33 Å². The second-order valence-electron chi connectivity index (χ2n) is 6.90. The molecule has 0 aliphatic heterocycles. The van der Waals surface area contributed by atoms with E-state index < -0.39 is 0 Å². The van der Waals surface area contributed by atoms with Crippen LogP contribution in [-0.4, -0.2) is 31.1 Å².